The Balaban J connectivity index is 3.28. The maximum absolute atomic E-state index is 12.7. The topological polar surface area (TPSA) is 59.3 Å². The van der Waals surface area contributed by atoms with Crippen molar-refractivity contribution in [3.8, 4) is 11.8 Å². The normalized spacial score (nSPS) is 10.6. The summed E-state index contributed by atoms with van der Waals surface area (Å²) in [6.07, 6.45) is -3.45. The van der Waals surface area contributed by atoms with Crippen molar-refractivity contribution in [2.75, 3.05) is 6.61 Å². The summed E-state index contributed by atoms with van der Waals surface area (Å²) >= 11 is 0. The predicted molar refractivity (Wildman–Crippen MR) is 63.1 cm³/mol. The molecular weight excluding hydrogens is 294 g/mol. The molecule has 0 atom stereocenters. The molecule has 0 radical (unpaired) electrons. The minimum atomic E-state index is -3.28. The van der Waals surface area contributed by atoms with Gasteiger partial charge in [0.2, 0.25) is 0 Å². The molecule has 0 bridgehead atoms. The van der Waals surface area contributed by atoms with E-state index in [1.54, 1.807) is 13.0 Å². The molecule has 1 aromatic rings. The van der Waals surface area contributed by atoms with Crippen LogP contribution in [0.2, 0.25) is 0 Å². The third-order valence-corrected chi connectivity index (χ3v) is 2.43. The first-order chi connectivity index (χ1) is 9.88. The molecule has 0 saturated carbocycles. The zero-order chi connectivity index (χ0) is 16.0. The highest BCUT2D eigenvalue weighted by atomic mass is 19.3. The minimum absolute atomic E-state index is 0.0651. The number of carbonyl (C=O) groups is 1. The number of hydrogen-bond donors (Lipinski definition) is 0. The first kappa shape index (κ1) is 16.8. The van der Waals surface area contributed by atoms with E-state index in [9.17, 15) is 22.4 Å². The Morgan fingerprint density at radius 1 is 1.33 bits per heavy atom. The number of rotatable bonds is 6. The van der Waals surface area contributed by atoms with E-state index in [4.69, 9.17) is 5.26 Å². The Bertz CT molecular complexity index is 555. The van der Waals surface area contributed by atoms with Gasteiger partial charge in [0.15, 0.2) is 0 Å². The lowest BCUT2D eigenvalue weighted by Gasteiger charge is -2.13. The summed E-state index contributed by atoms with van der Waals surface area (Å²) in [4.78, 5) is 11.4. The van der Waals surface area contributed by atoms with Crippen LogP contribution in [0.25, 0.3) is 0 Å². The molecule has 0 N–H and O–H groups in total. The fourth-order valence-electron chi connectivity index (χ4n) is 1.65. The van der Waals surface area contributed by atoms with Gasteiger partial charge < -0.3 is 9.47 Å². The maximum Gasteiger partial charge on any atom is 0.387 e. The van der Waals surface area contributed by atoms with Crippen LogP contribution in [-0.2, 0) is 16.0 Å². The molecule has 0 aromatic heterocycles. The number of carbonyl (C=O) groups excluding carboxylic acids is 1. The molecule has 0 fully saturated rings. The third-order valence-electron chi connectivity index (χ3n) is 2.43. The number of hydrogen-bond acceptors (Lipinski definition) is 4. The Hall–Kier alpha value is -2.30. The quantitative estimate of drug-likeness (QED) is 0.598. The van der Waals surface area contributed by atoms with Crippen LogP contribution >= 0.6 is 0 Å². The highest BCUT2D eigenvalue weighted by molar-refractivity contribution is 5.74. The van der Waals surface area contributed by atoms with Gasteiger partial charge in [-0.25, -0.2) is 8.78 Å². The second kappa shape index (κ2) is 7.47. The van der Waals surface area contributed by atoms with Gasteiger partial charge in [-0.3, -0.25) is 4.79 Å². The summed E-state index contributed by atoms with van der Waals surface area (Å²) in [5.74, 6) is -1.45. The molecule has 1 aromatic carbocycles. The average molecular weight is 305 g/mol. The van der Waals surface area contributed by atoms with Crippen LogP contribution in [0.15, 0.2) is 12.1 Å². The van der Waals surface area contributed by atoms with Gasteiger partial charge in [-0.15, -0.1) is 0 Å². The molecule has 114 valence electrons. The number of alkyl halides is 4. The van der Waals surface area contributed by atoms with Crippen LogP contribution in [0.4, 0.5) is 17.6 Å². The van der Waals surface area contributed by atoms with Gasteiger partial charge in [0, 0.05) is 5.56 Å². The summed E-state index contributed by atoms with van der Waals surface area (Å²) < 4.78 is 58.7. The van der Waals surface area contributed by atoms with Crippen molar-refractivity contribution in [3.63, 3.8) is 0 Å². The molecule has 0 aliphatic rings. The van der Waals surface area contributed by atoms with E-state index in [-0.39, 0.29) is 12.2 Å². The third kappa shape index (κ3) is 4.63. The second-order valence-corrected chi connectivity index (χ2v) is 3.83. The van der Waals surface area contributed by atoms with Gasteiger partial charge in [0.25, 0.3) is 6.43 Å². The van der Waals surface area contributed by atoms with E-state index >= 15 is 0 Å². The Morgan fingerprint density at radius 2 is 2.00 bits per heavy atom. The van der Waals surface area contributed by atoms with Crippen molar-refractivity contribution in [2.24, 2.45) is 0 Å². The van der Waals surface area contributed by atoms with E-state index in [0.717, 1.165) is 6.07 Å². The van der Waals surface area contributed by atoms with E-state index in [1.165, 1.54) is 0 Å². The molecule has 1 rings (SSSR count). The number of ether oxygens (including phenoxy) is 2. The highest BCUT2D eigenvalue weighted by Gasteiger charge is 2.20. The fourth-order valence-corrected chi connectivity index (χ4v) is 1.65. The first-order valence-electron chi connectivity index (χ1n) is 5.84. The number of benzene rings is 1. The van der Waals surface area contributed by atoms with Crippen LogP contribution in [0.3, 0.4) is 0 Å². The smallest absolute Gasteiger partial charge is 0.387 e. The van der Waals surface area contributed by atoms with Crippen molar-refractivity contribution in [3.05, 3.63) is 28.8 Å². The molecule has 4 nitrogen and oxygen atoms in total. The van der Waals surface area contributed by atoms with Gasteiger partial charge >= 0.3 is 12.6 Å². The van der Waals surface area contributed by atoms with Crippen molar-refractivity contribution in [2.45, 2.75) is 26.4 Å². The van der Waals surface area contributed by atoms with E-state index in [2.05, 4.69) is 9.47 Å². The van der Waals surface area contributed by atoms with Gasteiger partial charge in [-0.1, -0.05) is 0 Å². The Labute approximate surface area is 117 Å². The number of esters is 1. The molecule has 0 spiro atoms. The zero-order valence-corrected chi connectivity index (χ0v) is 10.9. The molecule has 0 aliphatic heterocycles. The Kier molecular flexibility index (Phi) is 5.96. The van der Waals surface area contributed by atoms with Gasteiger partial charge in [0.05, 0.1) is 18.6 Å². The molecule has 8 heteroatoms. The van der Waals surface area contributed by atoms with Crippen molar-refractivity contribution in [1.82, 2.24) is 0 Å². The predicted octanol–water partition coefficient (Wildman–Crippen LogP) is 3.20. The monoisotopic (exact) mass is 305 g/mol. The average Bonchev–Trinajstić information content (AvgIpc) is 2.37. The second-order valence-electron chi connectivity index (χ2n) is 3.83. The molecule has 0 amide bonds. The van der Waals surface area contributed by atoms with Crippen molar-refractivity contribution in [1.29, 1.82) is 5.26 Å². The maximum atomic E-state index is 12.7. The van der Waals surface area contributed by atoms with Crippen LogP contribution in [-0.4, -0.2) is 19.2 Å². The lowest BCUT2D eigenvalue weighted by atomic mass is 10.0. The summed E-state index contributed by atoms with van der Waals surface area (Å²) in [6, 6.07) is 3.13. The molecule has 21 heavy (non-hydrogen) atoms. The molecule has 0 heterocycles. The Morgan fingerprint density at radius 3 is 2.48 bits per heavy atom. The van der Waals surface area contributed by atoms with Gasteiger partial charge in [-0.2, -0.15) is 14.0 Å². The van der Waals surface area contributed by atoms with Crippen LogP contribution in [0.5, 0.6) is 5.75 Å². The fraction of sp³-hybridized carbons (Fsp3) is 0.385. The summed E-state index contributed by atoms with van der Waals surface area (Å²) in [6.45, 7) is -1.67. The van der Waals surface area contributed by atoms with Gasteiger partial charge in [-0.05, 0) is 24.6 Å². The SMILES string of the molecule is CCOC(=O)Cc1cc(C(F)F)cc(OC(F)F)c1C#N. The summed E-state index contributed by atoms with van der Waals surface area (Å²) in [5.41, 5.74) is -1.17. The van der Waals surface area contributed by atoms with Crippen LogP contribution < -0.4 is 4.74 Å². The number of nitrogens with zero attached hydrogens (tertiary/aromatic N) is 1. The lowest BCUT2D eigenvalue weighted by molar-refractivity contribution is -0.142. The van der Waals surface area contributed by atoms with E-state index < -0.39 is 42.3 Å². The molecule has 0 aliphatic carbocycles. The highest BCUT2D eigenvalue weighted by Crippen LogP contribution is 2.31. The van der Waals surface area contributed by atoms with E-state index in [1.807, 2.05) is 0 Å². The molecule has 0 saturated heterocycles. The van der Waals surface area contributed by atoms with Crippen molar-refractivity contribution >= 4 is 5.97 Å². The number of halogens is 4. The molecular formula is C13H11F4NO3. The summed E-state index contributed by atoms with van der Waals surface area (Å²) in [5, 5.41) is 8.97. The van der Waals surface area contributed by atoms with E-state index in [0.29, 0.717) is 6.07 Å². The van der Waals surface area contributed by atoms with Crippen LogP contribution in [0.1, 0.15) is 30.0 Å². The zero-order valence-electron chi connectivity index (χ0n) is 10.9. The lowest BCUT2D eigenvalue weighted by Crippen LogP contribution is -2.11. The summed E-state index contributed by atoms with van der Waals surface area (Å²) in [7, 11) is 0. The molecule has 0 unspecified atom stereocenters. The minimum Gasteiger partial charge on any atom is -0.466 e. The largest absolute Gasteiger partial charge is 0.466 e. The van der Waals surface area contributed by atoms with Crippen molar-refractivity contribution < 1.29 is 31.8 Å². The van der Waals surface area contributed by atoms with Crippen LogP contribution in [0, 0.1) is 11.3 Å². The first-order valence-corrected chi connectivity index (χ1v) is 5.84. The van der Waals surface area contributed by atoms with Gasteiger partial charge in [0.1, 0.15) is 11.8 Å². The number of nitriles is 1. The standard InChI is InChI=1S/C13H11F4NO3/c1-2-20-11(19)5-7-3-8(12(14)15)4-10(9(7)6-18)21-13(16)17/h3-4,12-13H,2,5H2,1H3.